The monoisotopic (exact) mass is 418 g/mol. The van der Waals surface area contributed by atoms with Crippen LogP contribution in [0, 0.1) is 6.92 Å². The minimum atomic E-state index is -0.0734. The Hall–Kier alpha value is -3.09. The summed E-state index contributed by atoms with van der Waals surface area (Å²) in [7, 11) is 0. The average Bonchev–Trinajstić information content (AvgIpc) is 2.79. The van der Waals surface area contributed by atoms with Crippen molar-refractivity contribution in [1.82, 2.24) is 20.2 Å². The highest BCUT2D eigenvalue weighted by Crippen LogP contribution is 2.25. The summed E-state index contributed by atoms with van der Waals surface area (Å²) in [5.74, 6) is -0.0734. The van der Waals surface area contributed by atoms with Crippen LogP contribution in [0.2, 0.25) is 0 Å². The van der Waals surface area contributed by atoms with Crippen LogP contribution in [0.1, 0.15) is 53.5 Å². The highest BCUT2D eigenvalue weighted by Gasteiger charge is 2.20. The molecule has 3 aromatic rings. The molecular weight excluding hydrogens is 388 g/mol. The second-order valence-corrected chi connectivity index (χ2v) is 7.77. The first-order chi connectivity index (χ1) is 15.0. The molecule has 2 N–H and O–H groups in total. The summed E-state index contributed by atoms with van der Waals surface area (Å²) in [6, 6.07) is 16.0. The van der Waals surface area contributed by atoms with Gasteiger partial charge < -0.3 is 10.4 Å². The number of aliphatic hydroxyl groups excluding tert-OH is 1. The largest absolute Gasteiger partial charge is 0.392 e. The van der Waals surface area contributed by atoms with Crippen LogP contribution in [-0.2, 0) is 31.0 Å². The lowest BCUT2D eigenvalue weighted by molar-refractivity contribution is -0.119. The number of benzene rings is 1. The zero-order chi connectivity index (χ0) is 22.2. The molecule has 0 saturated carbocycles. The van der Waals surface area contributed by atoms with Crippen LogP contribution in [0.4, 0.5) is 0 Å². The Balaban J connectivity index is 1.88. The number of pyridine rings is 2. The fourth-order valence-electron chi connectivity index (χ4n) is 3.55. The number of carbonyl (C=O) groups is 1. The Morgan fingerprint density at radius 3 is 2.55 bits per heavy atom. The van der Waals surface area contributed by atoms with E-state index in [1.165, 1.54) is 6.92 Å². The molecule has 3 rings (SSSR count). The van der Waals surface area contributed by atoms with E-state index in [1.807, 2.05) is 54.9 Å². The molecule has 1 atom stereocenters. The molecule has 0 aliphatic carbocycles. The predicted octanol–water partition coefficient (Wildman–Crippen LogP) is 3.68. The topological polar surface area (TPSA) is 78.4 Å². The third-order valence-corrected chi connectivity index (χ3v) is 5.49. The summed E-state index contributed by atoms with van der Waals surface area (Å²) < 4.78 is 0. The van der Waals surface area contributed by atoms with Gasteiger partial charge in [-0.25, -0.2) is 0 Å². The number of rotatable bonds is 9. The van der Waals surface area contributed by atoms with Gasteiger partial charge in [0.2, 0.25) is 5.91 Å². The summed E-state index contributed by atoms with van der Waals surface area (Å²) >= 11 is 0. The van der Waals surface area contributed by atoms with Gasteiger partial charge in [-0.1, -0.05) is 30.3 Å². The Bertz CT molecular complexity index is 1010. The fraction of sp³-hybridized carbons (Fsp3) is 0.320. The lowest BCUT2D eigenvalue weighted by Gasteiger charge is -2.30. The van der Waals surface area contributed by atoms with Gasteiger partial charge in [-0.3, -0.25) is 19.7 Å². The third-order valence-electron chi connectivity index (χ3n) is 5.49. The second kappa shape index (κ2) is 10.8. The fourth-order valence-corrected chi connectivity index (χ4v) is 3.55. The minimum absolute atomic E-state index is 0.0579. The summed E-state index contributed by atoms with van der Waals surface area (Å²) in [6.45, 7) is 7.42. The summed E-state index contributed by atoms with van der Waals surface area (Å²) in [5.41, 5.74) is 6.04. The number of hydrogen-bond acceptors (Lipinski definition) is 5. The molecule has 1 amide bonds. The van der Waals surface area contributed by atoms with Gasteiger partial charge in [0.05, 0.1) is 18.0 Å². The van der Waals surface area contributed by atoms with Crippen molar-refractivity contribution in [3.8, 4) is 0 Å². The molecule has 2 aromatic heterocycles. The number of carbonyl (C=O) groups excluding carboxylic acids is 1. The Morgan fingerprint density at radius 2 is 1.87 bits per heavy atom. The number of aromatic nitrogens is 2. The van der Waals surface area contributed by atoms with Crippen LogP contribution in [0.3, 0.4) is 0 Å². The lowest BCUT2D eigenvalue weighted by Crippen LogP contribution is -2.28. The predicted molar refractivity (Wildman–Crippen MR) is 121 cm³/mol. The quantitative estimate of drug-likeness (QED) is 0.554. The molecule has 1 aromatic carbocycles. The molecule has 2 heterocycles. The van der Waals surface area contributed by atoms with Gasteiger partial charge in [0.15, 0.2) is 0 Å². The normalized spacial score (nSPS) is 12.0. The van der Waals surface area contributed by atoms with Crippen LogP contribution in [-0.4, -0.2) is 25.9 Å². The standard InChI is InChI=1S/C25H30N4O2/c1-18-7-6-12-27-25(18)16-29(19(2)24-8-4-5-11-26-24)15-22-10-9-21(13-23(22)17-30)14-28-20(3)31/h4-13,19,30H,14-17H2,1-3H3,(H,28,31). The van der Waals surface area contributed by atoms with Crippen LogP contribution in [0.5, 0.6) is 0 Å². The highest BCUT2D eigenvalue weighted by molar-refractivity contribution is 5.72. The number of aryl methyl sites for hydroxylation is 1. The maximum atomic E-state index is 11.2. The van der Waals surface area contributed by atoms with Crippen molar-refractivity contribution in [2.75, 3.05) is 0 Å². The summed E-state index contributed by atoms with van der Waals surface area (Å²) in [5, 5.41) is 12.8. The van der Waals surface area contributed by atoms with Crippen molar-refractivity contribution in [2.24, 2.45) is 0 Å². The van der Waals surface area contributed by atoms with E-state index >= 15 is 0 Å². The molecule has 6 nitrogen and oxygen atoms in total. The number of aliphatic hydroxyl groups is 1. The van der Waals surface area contributed by atoms with E-state index < -0.39 is 0 Å². The number of nitrogens with one attached hydrogen (secondary N) is 1. The van der Waals surface area contributed by atoms with Crippen molar-refractivity contribution in [3.05, 3.63) is 94.6 Å². The van der Waals surface area contributed by atoms with Gasteiger partial charge in [-0.15, -0.1) is 0 Å². The van der Waals surface area contributed by atoms with E-state index in [4.69, 9.17) is 0 Å². The maximum Gasteiger partial charge on any atom is 0.217 e. The Labute approximate surface area is 184 Å². The Kier molecular flexibility index (Phi) is 7.87. The molecule has 0 bridgehead atoms. The van der Waals surface area contributed by atoms with Crippen LogP contribution in [0.15, 0.2) is 60.9 Å². The molecule has 0 saturated heterocycles. The smallest absolute Gasteiger partial charge is 0.217 e. The van der Waals surface area contributed by atoms with Crippen molar-refractivity contribution < 1.29 is 9.90 Å². The first-order valence-electron chi connectivity index (χ1n) is 10.5. The number of hydrogen-bond donors (Lipinski definition) is 2. The summed E-state index contributed by atoms with van der Waals surface area (Å²) in [4.78, 5) is 22.7. The molecule has 6 heteroatoms. The zero-order valence-corrected chi connectivity index (χ0v) is 18.4. The van der Waals surface area contributed by atoms with Gasteiger partial charge >= 0.3 is 0 Å². The molecule has 162 valence electrons. The first-order valence-corrected chi connectivity index (χ1v) is 10.5. The van der Waals surface area contributed by atoms with Gasteiger partial charge in [0, 0.05) is 45.0 Å². The highest BCUT2D eigenvalue weighted by atomic mass is 16.3. The molecule has 0 radical (unpaired) electrons. The minimum Gasteiger partial charge on any atom is -0.392 e. The second-order valence-electron chi connectivity index (χ2n) is 7.77. The molecule has 1 unspecified atom stereocenters. The molecule has 0 spiro atoms. The van der Waals surface area contributed by atoms with E-state index in [1.54, 1.807) is 0 Å². The average molecular weight is 419 g/mol. The lowest BCUT2D eigenvalue weighted by atomic mass is 10.0. The van der Waals surface area contributed by atoms with E-state index in [0.717, 1.165) is 33.6 Å². The van der Waals surface area contributed by atoms with Gasteiger partial charge in [0.1, 0.15) is 0 Å². The molecule has 31 heavy (non-hydrogen) atoms. The molecule has 0 aliphatic heterocycles. The van der Waals surface area contributed by atoms with Crippen molar-refractivity contribution in [1.29, 1.82) is 0 Å². The SMILES string of the molecule is CC(=O)NCc1ccc(CN(Cc2ncccc2C)C(C)c2ccccn2)c(CO)c1. The molecular formula is C25H30N4O2. The van der Waals surface area contributed by atoms with Crippen LogP contribution in [0.25, 0.3) is 0 Å². The van der Waals surface area contributed by atoms with E-state index in [9.17, 15) is 9.90 Å². The van der Waals surface area contributed by atoms with E-state index in [-0.39, 0.29) is 18.6 Å². The third kappa shape index (κ3) is 6.20. The summed E-state index contributed by atoms with van der Waals surface area (Å²) in [6.07, 6.45) is 3.63. The van der Waals surface area contributed by atoms with Crippen molar-refractivity contribution in [2.45, 2.75) is 53.1 Å². The van der Waals surface area contributed by atoms with Gasteiger partial charge in [0.25, 0.3) is 0 Å². The maximum absolute atomic E-state index is 11.2. The van der Waals surface area contributed by atoms with Crippen molar-refractivity contribution >= 4 is 5.91 Å². The molecule has 0 aliphatic rings. The van der Waals surface area contributed by atoms with Crippen molar-refractivity contribution in [3.63, 3.8) is 0 Å². The zero-order valence-electron chi connectivity index (χ0n) is 18.4. The number of nitrogens with zero attached hydrogens (tertiary/aromatic N) is 3. The number of amides is 1. The van der Waals surface area contributed by atoms with Crippen LogP contribution >= 0.6 is 0 Å². The first kappa shape index (κ1) is 22.6. The Morgan fingerprint density at radius 1 is 1.06 bits per heavy atom. The van der Waals surface area contributed by atoms with E-state index in [2.05, 4.69) is 40.1 Å². The van der Waals surface area contributed by atoms with Gasteiger partial charge in [-0.2, -0.15) is 0 Å². The molecule has 0 fully saturated rings. The van der Waals surface area contributed by atoms with E-state index in [0.29, 0.717) is 19.6 Å². The van der Waals surface area contributed by atoms with Crippen LogP contribution < -0.4 is 5.32 Å². The van der Waals surface area contributed by atoms with Gasteiger partial charge in [-0.05, 0) is 54.3 Å².